The van der Waals surface area contributed by atoms with Gasteiger partial charge in [-0.2, -0.15) is 0 Å². The van der Waals surface area contributed by atoms with E-state index in [4.69, 9.17) is 10.5 Å². The van der Waals surface area contributed by atoms with Gasteiger partial charge in [0.05, 0.1) is 12.8 Å². The van der Waals surface area contributed by atoms with Crippen molar-refractivity contribution in [3.8, 4) is 16.9 Å². The van der Waals surface area contributed by atoms with Crippen LogP contribution >= 0.6 is 0 Å². The zero-order chi connectivity index (χ0) is 13.9. The Balaban J connectivity index is 2.03. The maximum atomic E-state index is 5.55. The summed E-state index contributed by atoms with van der Waals surface area (Å²) in [6.07, 6.45) is 6.57. The molecule has 0 atom stereocenters. The van der Waals surface area contributed by atoms with Crippen LogP contribution in [0.4, 0.5) is 0 Å². The summed E-state index contributed by atoms with van der Waals surface area (Å²) in [5.41, 5.74) is 8.60. The lowest BCUT2D eigenvalue weighted by atomic mass is 10.1. The third-order valence-electron chi connectivity index (χ3n) is 3.16. The predicted molar refractivity (Wildman–Crippen MR) is 77.7 cm³/mol. The van der Waals surface area contributed by atoms with Crippen LogP contribution in [0.25, 0.3) is 16.9 Å². The highest BCUT2D eigenvalue weighted by Gasteiger charge is 2.05. The number of hydrogen-bond donors (Lipinski definition) is 1. The largest absolute Gasteiger partial charge is 0.497 e. The number of hydrogen-bond acceptors (Lipinski definition) is 4. The normalized spacial score (nSPS) is 10.9. The first-order valence-corrected chi connectivity index (χ1v) is 6.48. The van der Waals surface area contributed by atoms with Crippen molar-refractivity contribution in [2.75, 3.05) is 13.7 Å². The molecule has 2 N–H and O–H groups in total. The third-order valence-corrected chi connectivity index (χ3v) is 3.16. The SMILES string of the molecule is COc1cccc(-c2cnc3nc(CCN)cn3c2)c1. The molecule has 0 amide bonds. The first kappa shape index (κ1) is 12.6. The van der Waals surface area contributed by atoms with Gasteiger partial charge in [-0.15, -0.1) is 0 Å². The molecule has 5 heteroatoms. The number of ether oxygens (including phenoxy) is 1. The summed E-state index contributed by atoms with van der Waals surface area (Å²) < 4.78 is 7.18. The summed E-state index contributed by atoms with van der Waals surface area (Å²) in [4.78, 5) is 8.80. The van der Waals surface area contributed by atoms with E-state index in [2.05, 4.69) is 9.97 Å². The molecule has 102 valence electrons. The lowest BCUT2D eigenvalue weighted by Crippen LogP contribution is -2.02. The third kappa shape index (κ3) is 2.35. The van der Waals surface area contributed by atoms with E-state index in [1.807, 2.05) is 47.3 Å². The van der Waals surface area contributed by atoms with Gasteiger partial charge in [0.1, 0.15) is 5.75 Å². The topological polar surface area (TPSA) is 65.4 Å². The quantitative estimate of drug-likeness (QED) is 0.785. The lowest BCUT2D eigenvalue weighted by Gasteiger charge is -2.04. The van der Waals surface area contributed by atoms with E-state index in [0.29, 0.717) is 12.3 Å². The van der Waals surface area contributed by atoms with Crippen molar-refractivity contribution in [2.24, 2.45) is 5.73 Å². The molecule has 0 saturated carbocycles. The van der Waals surface area contributed by atoms with Gasteiger partial charge in [0, 0.05) is 30.6 Å². The molecule has 0 aliphatic heterocycles. The Morgan fingerprint density at radius 2 is 2.15 bits per heavy atom. The number of aromatic nitrogens is 3. The Morgan fingerprint density at radius 1 is 1.25 bits per heavy atom. The van der Waals surface area contributed by atoms with Crippen LogP contribution in [-0.2, 0) is 6.42 Å². The number of rotatable bonds is 4. The highest BCUT2D eigenvalue weighted by atomic mass is 16.5. The molecule has 2 heterocycles. The first-order chi connectivity index (χ1) is 9.80. The van der Waals surface area contributed by atoms with Crippen LogP contribution in [0.3, 0.4) is 0 Å². The van der Waals surface area contributed by atoms with Crippen LogP contribution < -0.4 is 10.5 Å². The molecule has 3 rings (SSSR count). The van der Waals surface area contributed by atoms with Crippen molar-refractivity contribution in [1.82, 2.24) is 14.4 Å². The molecule has 0 saturated heterocycles. The van der Waals surface area contributed by atoms with Crippen LogP contribution in [0, 0.1) is 0 Å². The average molecular weight is 268 g/mol. The van der Waals surface area contributed by atoms with Gasteiger partial charge in [-0.05, 0) is 24.2 Å². The number of nitrogens with two attached hydrogens (primary N) is 1. The molecule has 0 unspecified atom stereocenters. The van der Waals surface area contributed by atoms with E-state index < -0.39 is 0 Å². The van der Waals surface area contributed by atoms with Gasteiger partial charge >= 0.3 is 0 Å². The summed E-state index contributed by atoms with van der Waals surface area (Å²) in [6.45, 7) is 0.590. The Bertz CT molecular complexity index is 736. The molecule has 0 aliphatic rings. The molecule has 0 bridgehead atoms. The van der Waals surface area contributed by atoms with Gasteiger partial charge in [-0.1, -0.05) is 12.1 Å². The summed E-state index contributed by atoms with van der Waals surface area (Å²) in [5.74, 6) is 1.53. The second-order valence-corrected chi connectivity index (χ2v) is 4.55. The van der Waals surface area contributed by atoms with Crippen LogP contribution in [0.1, 0.15) is 5.69 Å². The first-order valence-electron chi connectivity index (χ1n) is 6.48. The fourth-order valence-electron chi connectivity index (χ4n) is 2.15. The lowest BCUT2D eigenvalue weighted by molar-refractivity contribution is 0.415. The van der Waals surface area contributed by atoms with Crippen molar-refractivity contribution >= 4 is 5.78 Å². The van der Waals surface area contributed by atoms with Gasteiger partial charge in [0.2, 0.25) is 5.78 Å². The molecule has 5 nitrogen and oxygen atoms in total. The van der Waals surface area contributed by atoms with E-state index in [-0.39, 0.29) is 0 Å². The minimum atomic E-state index is 0.590. The van der Waals surface area contributed by atoms with Crippen LogP contribution in [0.15, 0.2) is 42.9 Å². The molecular weight excluding hydrogens is 252 g/mol. The zero-order valence-electron chi connectivity index (χ0n) is 11.3. The number of nitrogens with zero attached hydrogens (tertiary/aromatic N) is 3. The monoisotopic (exact) mass is 268 g/mol. The summed E-state index contributed by atoms with van der Waals surface area (Å²) in [5, 5.41) is 0. The number of benzene rings is 1. The summed E-state index contributed by atoms with van der Waals surface area (Å²) in [7, 11) is 1.66. The fourth-order valence-corrected chi connectivity index (χ4v) is 2.15. The van der Waals surface area contributed by atoms with Crippen molar-refractivity contribution in [3.05, 3.63) is 48.5 Å². The molecular formula is C15H16N4O. The number of imidazole rings is 1. The highest BCUT2D eigenvalue weighted by molar-refractivity contribution is 5.64. The predicted octanol–water partition coefficient (Wildman–Crippen LogP) is 1.91. The average Bonchev–Trinajstić information content (AvgIpc) is 2.89. The Kier molecular flexibility index (Phi) is 3.35. The van der Waals surface area contributed by atoms with Crippen LogP contribution in [0.5, 0.6) is 5.75 Å². The van der Waals surface area contributed by atoms with Gasteiger partial charge in [0.25, 0.3) is 0 Å². The minimum Gasteiger partial charge on any atom is -0.497 e. The minimum absolute atomic E-state index is 0.590. The van der Waals surface area contributed by atoms with Crippen molar-refractivity contribution < 1.29 is 4.74 Å². The summed E-state index contributed by atoms with van der Waals surface area (Å²) >= 11 is 0. The van der Waals surface area contributed by atoms with Gasteiger partial charge in [0.15, 0.2) is 0 Å². The molecule has 3 aromatic rings. The Morgan fingerprint density at radius 3 is 2.95 bits per heavy atom. The molecule has 0 spiro atoms. The van der Waals surface area contributed by atoms with Crippen molar-refractivity contribution in [3.63, 3.8) is 0 Å². The molecule has 1 aromatic carbocycles. The molecule has 0 radical (unpaired) electrons. The maximum Gasteiger partial charge on any atom is 0.233 e. The van der Waals surface area contributed by atoms with Gasteiger partial charge in [-0.25, -0.2) is 9.97 Å². The van der Waals surface area contributed by atoms with Crippen LogP contribution in [0.2, 0.25) is 0 Å². The van der Waals surface area contributed by atoms with Crippen molar-refractivity contribution in [2.45, 2.75) is 6.42 Å². The van der Waals surface area contributed by atoms with E-state index in [1.54, 1.807) is 7.11 Å². The van der Waals surface area contributed by atoms with E-state index in [9.17, 15) is 0 Å². The van der Waals surface area contributed by atoms with E-state index >= 15 is 0 Å². The maximum absolute atomic E-state index is 5.55. The van der Waals surface area contributed by atoms with E-state index in [1.165, 1.54) is 0 Å². The summed E-state index contributed by atoms with van der Waals surface area (Å²) in [6, 6.07) is 7.90. The van der Waals surface area contributed by atoms with E-state index in [0.717, 1.165) is 29.0 Å². The second kappa shape index (κ2) is 5.30. The Labute approximate surface area is 117 Å². The van der Waals surface area contributed by atoms with Gasteiger partial charge < -0.3 is 10.5 Å². The van der Waals surface area contributed by atoms with Crippen molar-refractivity contribution in [1.29, 1.82) is 0 Å². The fraction of sp³-hybridized carbons (Fsp3) is 0.200. The van der Waals surface area contributed by atoms with Gasteiger partial charge in [-0.3, -0.25) is 4.40 Å². The smallest absolute Gasteiger partial charge is 0.233 e. The number of methoxy groups -OCH3 is 1. The standard InChI is InChI=1S/C15H16N4O/c1-20-14-4-2-3-11(7-14)12-8-17-15-18-13(5-6-16)10-19(15)9-12/h2-4,7-10H,5-6,16H2,1H3. The van der Waals surface area contributed by atoms with Crippen LogP contribution in [-0.4, -0.2) is 28.0 Å². The molecule has 2 aromatic heterocycles. The molecule has 0 fully saturated rings. The second-order valence-electron chi connectivity index (χ2n) is 4.55. The molecule has 0 aliphatic carbocycles. The number of fused-ring (bicyclic) bond motifs is 1. The molecule has 20 heavy (non-hydrogen) atoms. The Hall–Kier alpha value is -2.40. The zero-order valence-corrected chi connectivity index (χ0v) is 11.3. The highest BCUT2D eigenvalue weighted by Crippen LogP contribution is 2.23.